The van der Waals surface area contributed by atoms with Gasteiger partial charge < -0.3 is 15.0 Å². The number of carbonyl (C=O) groups is 1. The van der Waals surface area contributed by atoms with Gasteiger partial charge in [0.2, 0.25) is 5.13 Å². The molecule has 7 heteroatoms. The molecule has 0 radical (unpaired) electrons. The van der Waals surface area contributed by atoms with Crippen molar-refractivity contribution < 1.29 is 9.53 Å². The SMILES string of the molecule is CC(C)(C)c1nsc(NCCCN2C(=O)COc3ccccc32)n1. The van der Waals surface area contributed by atoms with E-state index < -0.39 is 0 Å². The van der Waals surface area contributed by atoms with Crippen molar-refractivity contribution in [1.29, 1.82) is 0 Å². The molecule has 1 aromatic heterocycles. The van der Waals surface area contributed by atoms with Gasteiger partial charge in [-0.3, -0.25) is 4.79 Å². The van der Waals surface area contributed by atoms with E-state index in [9.17, 15) is 4.79 Å². The first-order valence-electron chi connectivity index (χ1n) is 8.05. The summed E-state index contributed by atoms with van der Waals surface area (Å²) in [6.45, 7) is 7.79. The van der Waals surface area contributed by atoms with Crippen LogP contribution in [0.15, 0.2) is 24.3 Å². The zero-order chi connectivity index (χ0) is 17.2. The van der Waals surface area contributed by atoms with E-state index in [2.05, 4.69) is 35.4 Å². The van der Waals surface area contributed by atoms with Gasteiger partial charge in [0.15, 0.2) is 6.61 Å². The molecule has 0 fully saturated rings. The predicted molar refractivity (Wildman–Crippen MR) is 96.0 cm³/mol. The molecule has 1 aliphatic rings. The lowest BCUT2D eigenvalue weighted by Gasteiger charge is -2.29. The van der Waals surface area contributed by atoms with Crippen molar-refractivity contribution in [2.24, 2.45) is 0 Å². The van der Waals surface area contributed by atoms with Crippen LogP contribution < -0.4 is 15.0 Å². The highest BCUT2D eigenvalue weighted by Crippen LogP contribution is 2.31. The summed E-state index contributed by atoms with van der Waals surface area (Å²) in [5, 5.41) is 4.12. The molecule has 0 spiro atoms. The summed E-state index contributed by atoms with van der Waals surface area (Å²) < 4.78 is 9.84. The van der Waals surface area contributed by atoms with Gasteiger partial charge in [-0.2, -0.15) is 4.37 Å². The minimum Gasteiger partial charge on any atom is -0.482 e. The van der Waals surface area contributed by atoms with Crippen molar-refractivity contribution in [2.45, 2.75) is 32.6 Å². The summed E-state index contributed by atoms with van der Waals surface area (Å²) in [5.41, 5.74) is 0.806. The van der Waals surface area contributed by atoms with Crippen molar-refractivity contribution in [3.8, 4) is 5.75 Å². The molecule has 128 valence electrons. The van der Waals surface area contributed by atoms with E-state index >= 15 is 0 Å². The number of anilines is 2. The third-order valence-corrected chi connectivity index (χ3v) is 4.41. The normalized spacial score (nSPS) is 14.3. The van der Waals surface area contributed by atoms with E-state index in [4.69, 9.17) is 4.74 Å². The fourth-order valence-corrected chi connectivity index (χ4v) is 3.21. The van der Waals surface area contributed by atoms with Gasteiger partial charge in [0.1, 0.15) is 11.6 Å². The molecule has 1 amide bonds. The van der Waals surface area contributed by atoms with Crippen molar-refractivity contribution in [1.82, 2.24) is 9.36 Å². The molecule has 0 unspecified atom stereocenters. The Hall–Kier alpha value is -2.15. The summed E-state index contributed by atoms with van der Waals surface area (Å²) in [6, 6.07) is 7.64. The van der Waals surface area contributed by atoms with Crippen molar-refractivity contribution in [2.75, 3.05) is 29.9 Å². The molecule has 0 aliphatic carbocycles. The lowest BCUT2D eigenvalue weighted by atomic mass is 9.96. The molecular formula is C17H22N4O2S. The highest BCUT2D eigenvalue weighted by molar-refractivity contribution is 7.09. The topological polar surface area (TPSA) is 67.4 Å². The lowest BCUT2D eigenvalue weighted by Crippen LogP contribution is -2.39. The lowest BCUT2D eigenvalue weighted by molar-refractivity contribution is -0.121. The van der Waals surface area contributed by atoms with E-state index in [1.54, 1.807) is 4.90 Å². The number of hydrogen-bond acceptors (Lipinski definition) is 6. The Labute approximate surface area is 146 Å². The zero-order valence-corrected chi connectivity index (χ0v) is 15.0. The fourth-order valence-electron chi connectivity index (χ4n) is 2.43. The third kappa shape index (κ3) is 3.67. The van der Waals surface area contributed by atoms with Gasteiger partial charge in [0.05, 0.1) is 5.69 Å². The van der Waals surface area contributed by atoms with Crippen LogP contribution >= 0.6 is 11.5 Å². The first kappa shape index (κ1) is 16.7. The molecular weight excluding hydrogens is 324 g/mol. The number of nitrogens with one attached hydrogen (secondary N) is 1. The van der Waals surface area contributed by atoms with Gasteiger partial charge in [-0.1, -0.05) is 32.9 Å². The molecule has 0 saturated carbocycles. The second-order valence-corrected chi connectivity index (χ2v) is 7.51. The Balaban J connectivity index is 1.54. The summed E-state index contributed by atoms with van der Waals surface area (Å²) >= 11 is 1.38. The number of carbonyl (C=O) groups excluding carboxylic acids is 1. The number of aromatic nitrogens is 2. The Morgan fingerprint density at radius 2 is 2.12 bits per heavy atom. The van der Waals surface area contributed by atoms with Gasteiger partial charge in [-0.15, -0.1) is 0 Å². The van der Waals surface area contributed by atoms with Gasteiger partial charge in [-0.25, -0.2) is 4.98 Å². The molecule has 0 saturated heterocycles. The molecule has 24 heavy (non-hydrogen) atoms. The van der Waals surface area contributed by atoms with Crippen LogP contribution in [0.2, 0.25) is 0 Å². The second kappa shape index (κ2) is 6.76. The van der Waals surface area contributed by atoms with E-state index in [-0.39, 0.29) is 17.9 Å². The standard InChI is InChI=1S/C17H22N4O2S/c1-17(2,3)15-19-16(24-20-15)18-9-6-10-21-12-7-4-5-8-13(12)23-11-14(21)22/h4-5,7-8H,6,9-11H2,1-3H3,(H,18,19,20). The van der Waals surface area contributed by atoms with Gasteiger partial charge in [-0.05, 0) is 18.6 Å². The van der Waals surface area contributed by atoms with Crippen molar-refractivity contribution >= 4 is 28.3 Å². The number of hydrogen-bond donors (Lipinski definition) is 1. The van der Waals surface area contributed by atoms with Gasteiger partial charge in [0.25, 0.3) is 5.91 Å². The molecule has 2 heterocycles. The number of ether oxygens (including phenoxy) is 1. The van der Waals surface area contributed by atoms with Crippen LogP contribution in [0, 0.1) is 0 Å². The third-order valence-electron chi connectivity index (χ3n) is 3.74. The predicted octanol–water partition coefficient (Wildman–Crippen LogP) is 3.06. The monoisotopic (exact) mass is 346 g/mol. The Morgan fingerprint density at radius 3 is 2.88 bits per heavy atom. The Morgan fingerprint density at radius 1 is 1.33 bits per heavy atom. The molecule has 3 rings (SSSR count). The molecule has 1 aromatic carbocycles. The molecule has 1 aliphatic heterocycles. The van der Waals surface area contributed by atoms with Crippen molar-refractivity contribution in [3.05, 3.63) is 30.1 Å². The fraction of sp³-hybridized carbons (Fsp3) is 0.471. The minimum atomic E-state index is -0.0413. The maximum atomic E-state index is 12.1. The number of nitrogens with zero attached hydrogens (tertiary/aromatic N) is 3. The summed E-state index contributed by atoms with van der Waals surface area (Å²) in [6.07, 6.45) is 0.824. The van der Waals surface area contributed by atoms with Crippen LogP contribution in [0.25, 0.3) is 0 Å². The number of para-hydroxylation sites is 2. The number of rotatable bonds is 5. The van der Waals surface area contributed by atoms with Crippen LogP contribution in [0.3, 0.4) is 0 Å². The van der Waals surface area contributed by atoms with Crippen LogP contribution in [0.1, 0.15) is 33.0 Å². The molecule has 6 nitrogen and oxygen atoms in total. The van der Waals surface area contributed by atoms with Gasteiger partial charge >= 0.3 is 0 Å². The quantitative estimate of drug-likeness (QED) is 0.843. The summed E-state index contributed by atoms with van der Waals surface area (Å²) in [4.78, 5) is 18.4. The van der Waals surface area contributed by atoms with Crippen LogP contribution in [-0.4, -0.2) is 35.0 Å². The maximum Gasteiger partial charge on any atom is 0.265 e. The summed E-state index contributed by atoms with van der Waals surface area (Å²) in [7, 11) is 0. The first-order valence-corrected chi connectivity index (χ1v) is 8.83. The van der Waals surface area contributed by atoms with E-state index in [0.29, 0.717) is 6.54 Å². The summed E-state index contributed by atoms with van der Waals surface area (Å²) in [5.74, 6) is 1.62. The smallest absolute Gasteiger partial charge is 0.265 e. The Bertz CT molecular complexity index is 723. The number of amides is 1. The van der Waals surface area contributed by atoms with Gasteiger partial charge in [0, 0.05) is 30.0 Å². The first-order chi connectivity index (χ1) is 11.4. The molecule has 1 N–H and O–H groups in total. The highest BCUT2D eigenvalue weighted by atomic mass is 32.1. The molecule has 0 atom stereocenters. The van der Waals surface area contributed by atoms with E-state index in [0.717, 1.165) is 35.4 Å². The average Bonchev–Trinajstić information content (AvgIpc) is 3.02. The molecule has 2 aromatic rings. The average molecular weight is 346 g/mol. The maximum absolute atomic E-state index is 12.1. The molecule has 0 bridgehead atoms. The van der Waals surface area contributed by atoms with Crippen molar-refractivity contribution in [3.63, 3.8) is 0 Å². The second-order valence-electron chi connectivity index (χ2n) is 6.76. The van der Waals surface area contributed by atoms with Crippen LogP contribution in [0.5, 0.6) is 5.75 Å². The largest absolute Gasteiger partial charge is 0.482 e. The zero-order valence-electron chi connectivity index (χ0n) is 14.2. The van der Waals surface area contributed by atoms with E-state index in [1.165, 1.54) is 11.5 Å². The number of benzene rings is 1. The van der Waals surface area contributed by atoms with Crippen LogP contribution in [0.4, 0.5) is 10.8 Å². The minimum absolute atomic E-state index is 0.000339. The van der Waals surface area contributed by atoms with E-state index in [1.807, 2.05) is 24.3 Å². The Kier molecular flexibility index (Phi) is 4.71. The highest BCUT2D eigenvalue weighted by Gasteiger charge is 2.24. The number of fused-ring (bicyclic) bond motifs is 1. The van der Waals surface area contributed by atoms with Crippen LogP contribution in [-0.2, 0) is 10.2 Å².